The van der Waals surface area contributed by atoms with E-state index < -0.39 is 0 Å². The molecule has 1 heterocycles. The smallest absolute Gasteiger partial charge is 0.191 e. The van der Waals surface area contributed by atoms with Gasteiger partial charge in [0.1, 0.15) is 5.75 Å². The Morgan fingerprint density at radius 1 is 1.03 bits per heavy atom. The summed E-state index contributed by atoms with van der Waals surface area (Å²) in [5.74, 6) is 1.16. The van der Waals surface area contributed by atoms with Crippen LogP contribution in [0.4, 0.5) is 0 Å². The number of phenolic OH excluding ortho intramolecular Hbond substituents is 1. The maximum Gasteiger partial charge on any atom is 0.191 e. The summed E-state index contributed by atoms with van der Waals surface area (Å²) in [6.45, 7) is 8.58. The van der Waals surface area contributed by atoms with Gasteiger partial charge in [0, 0.05) is 38.3 Å². The van der Waals surface area contributed by atoms with Gasteiger partial charge in [-0.1, -0.05) is 30.3 Å². The van der Waals surface area contributed by atoms with E-state index in [4.69, 9.17) is 9.73 Å². The number of fused-ring (bicyclic) bond motifs is 1. The molecular weight excluding hydrogens is 527 g/mol. The molecule has 7 heteroatoms. The van der Waals surface area contributed by atoms with Crippen molar-refractivity contribution < 1.29 is 9.84 Å². The van der Waals surface area contributed by atoms with Gasteiger partial charge in [-0.25, -0.2) is 4.99 Å². The van der Waals surface area contributed by atoms with Crippen LogP contribution in [0.5, 0.6) is 5.75 Å². The highest BCUT2D eigenvalue weighted by atomic mass is 127. The highest BCUT2D eigenvalue weighted by Gasteiger charge is 2.17. The molecule has 0 bridgehead atoms. The van der Waals surface area contributed by atoms with E-state index in [-0.39, 0.29) is 24.0 Å². The molecular formula is C26H37IN4O2. The van der Waals surface area contributed by atoms with E-state index in [0.717, 1.165) is 63.8 Å². The number of morpholine rings is 1. The number of halogens is 1. The summed E-state index contributed by atoms with van der Waals surface area (Å²) >= 11 is 0. The Kier molecular flexibility index (Phi) is 10.3. The highest BCUT2D eigenvalue weighted by Crippen LogP contribution is 2.30. The number of hydrogen-bond acceptors (Lipinski definition) is 4. The molecule has 2 aliphatic rings. The number of benzene rings is 2. The Bertz CT molecular complexity index is 929. The van der Waals surface area contributed by atoms with Crippen molar-refractivity contribution in [1.82, 2.24) is 15.5 Å². The van der Waals surface area contributed by atoms with Crippen molar-refractivity contribution >= 4 is 29.9 Å². The Labute approximate surface area is 214 Å². The van der Waals surface area contributed by atoms with Crippen molar-refractivity contribution in [3.05, 3.63) is 64.2 Å². The van der Waals surface area contributed by atoms with Crippen LogP contribution in [0.1, 0.15) is 47.6 Å². The third-order valence-corrected chi connectivity index (χ3v) is 6.43. The second-order valence-corrected chi connectivity index (χ2v) is 8.61. The molecule has 0 amide bonds. The summed E-state index contributed by atoms with van der Waals surface area (Å²) < 4.78 is 5.48. The SMILES string of the molecule is CCNC(=NCc1ccccc1CN1CCOCC1)NCc1c(O)ccc2c1CCCC2.I. The molecule has 0 radical (unpaired) electrons. The van der Waals surface area contributed by atoms with Gasteiger partial charge in [0.2, 0.25) is 0 Å². The van der Waals surface area contributed by atoms with E-state index in [1.807, 2.05) is 6.07 Å². The van der Waals surface area contributed by atoms with Gasteiger partial charge in [0.05, 0.1) is 19.8 Å². The number of aryl methyl sites for hydroxylation is 1. The van der Waals surface area contributed by atoms with Gasteiger partial charge in [0.25, 0.3) is 0 Å². The number of phenols is 1. The van der Waals surface area contributed by atoms with E-state index in [1.165, 1.54) is 35.1 Å². The minimum absolute atomic E-state index is 0. The van der Waals surface area contributed by atoms with Crippen molar-refractivity contribution in [2.24, 2.45) is 4.99 Å². The lowest BCUT2D eigenvalue weighted by molar-refractivity contribution is 0.0341. The minimum Gasteiger partial charge on any atom is -0.508 e. The van der Waals surface area contributed by atoms with Crippen molar-refractivity contribution in [3.8, 4) is 5.75 Å². The molecule has 2 aromatic rings. The van der Waals surface area contributed by atoms with E-state index in [9.17, 15) is 5.11 Å². The number of aliphatic imine (C=N–C) groups is 1. The Hall–Kier alpha value is -1.84. The van der Waals surface area contributed by atoms with Crippen LogP contribution in [0.25, 0.3) is 0 Å². The lowest BCUT2D eigenvalue weighted by atomic mass is 9.88. The first-order valence-electron chi connectivity index (χ1n) is 12.0. The lowest BCUT2D eigenvalue weighted by Gasteiger charge is -2.27. The van der Waals surface area contributed by atoms with Gasteiger partial charge < -0.3 is 20.5 Å². The van der Waals surface area contributed by atoms with Gasteiger partial charge in [-0.15, -0.1) is 24.0 Å². The van der Waals surface area contributed by atoms with Crippen molar-refractivity contribution in [2.45, 2.75) is 52.2 Å². The first kappa shape index (κ1) is 25.8. The number of hydrogen-bond donors (Lipinski definition) is 3. The minimum atomic E-state index is 0. The van der Waals surface area contributed by atoms with Gasteiger partial charge in [-0.2, -0.15) is 0 Å². The number of nitrogens with one attached hydrogen (secondary N) is 2. The van der Waals surface area contributed by atoms with Crippen LogP contribution in [0, 0.1) is 0 Å². The molecule has 4 rings (SSSR count). The number of nitrogens with zero attached hydrogens (tertiary/aromatic N) is 2. The summed E-state index contributed by atoms with van der Waals surface area (Å²) in [6.07, 6.45) is 4.58. The van der Waals surface area contributed by atoms with Gasteiger partial charge in [-0.05, 0) is 60.9 Å². The van der Waals surface area contributed by atoms with Crippen molar-refractivity contribution in [3.63, 3.8) is 0 Å². The third-order valence-electron chi connectivity index (χ3n) is 6.43. The summed E-state index contributed by atoms with van der Waals surface area (Å²) in [6, 6.07) is 12.5. The fraction of sp³-hybridized carbons (Fsp3) is 0.500. The molecule has 1 aliphatic carbocycles. The van der Waals surface area contributed by atoms with Crippen LogP contribution in [-0.4, -0.2) is 48.8 Å². The van der Waals surface area contributed by atoms with Gasteiger partial charge in [-0.3, -0.25) is 4.90 Å². The van der Waals surface area contributed by atoms with E-state index >= 15 is 0 Å². The highest BCUT2D eigenvalue weighted by molar-refractivity contribution is 14.0. The Balaban J connectivity index is 0.00000306. The van der Waals surface area contributed by atoms with Crippen LogP contribution in [0.15, 0.2) is 41.4 Å². The van der Waals surface area contributed by atoms with E-state index in [0.29, 0.717) is 18.8 Å². The Morgan fingerprint density at radius 3 is 2.58 bits per heavy atom. The fourth-order valence-corrected chi connectivity index (χ4v) is 4.63. The number of ether oxygens (including phenoxy) is 1. The molecule has 0 atom stereocenters. The van der Waals surface area contributed by atoms with Crippen LogP contribution in [0.3, 0.4) is 0 Å². The van der Waals surface area contributed by atoms with Crippen LogP contribution >= 0.6 is 24.0 Å². The molecule has 6 nitrogen and oxygen atoms in total. The van der Waals surface area contributed by atoms with Gasteiger partial charge >= 0.3 is 0 Å². The molecule has 0 spiro atoms. The zero-order chi connectivity index (χ0) is 22.2. The lowest BCUT2D eigenvalue weighted by Crippen LogP contribution is -2.37. The van der Waals surface area contributed by atoms with E-state index in [1.54, 1.807) is 0 Å². The predicted molar refractivity (Wildman–Crippen MR) is 144 cm³/mol. The molecule has 0 saturated carbocycles. The van der Waals surface area contributed by atoms with Crippen molar-refractivity contribution in [1.29, 1.82) is 0 Å². The second kappa shape index (κ2) is 13.2. The number of rotatable bonds is 7. The maximum atomic E-state index is 10.5. The zero-order valence-electron chi connectivity index (χ0n) is 19.6. The fourth-order valence-electron chi connectivity index (χ4n) is 4.63. The average Bonchev–Trinajstić information content (AvgIpc) is 2.83. The van der Waals surface area contributed by atoms with Gasteiger partial charge in [0.15, 0.2) is 5.96 Å². The normalized spacial score (nSPS) is 16.6. The quantitative estimate of drug-likeness (QED) is 0.270. The predicted octanol–water partition coefficient (Wildman–Crippen LogP) is 3.98. The molecule has 2 aromatic carbocycles. The third kappa shape index (κ3) is 7.07. The molecule has 0 unspecified atom stereocenters. The molecule has 1 saturated heterocycles. The number of guanidine groups is 1. The van der Waals surface area contributed by atoms with E-state index in [2.05, 4.69) is 52.8 Å². The molecule has 1 aliphatic heterocycles. The first-order chi connectivity index (χ1) is 15.7. The van der Waals surface area contributed by atoms with Crippen molar-refractivity contribution in [2.75, 3.05) is 32.8 Å². The molecule has 3 N–H and O–H groups in total. The van der Waals surface area contributed by atoms with Crippen LogP contribution < -0.4 is 10.6 Å². The maximum absolute atomic E-state index is 10.5. The number of aromatic hydroxyl groups is 1. The topological polar surface area (TPSA) is 69.1 Å². The molecule has 0 aromatic heterocycles. The molecule has 33 heavy (non-hydrogen) atoms. The standard InChI is InChI=1S/C26H36N4O2.HI/c1-2-27-26(29-18-24-23-10-6-5-7-20(23)11-12-25(24)31)28-17-21-8-3-4-9-22(21)19-30-13-15-32-16-14-30;/h3-4,8-9,11-12,31H,2,5-7,10,13-19H2,1H3,(H2,27,28,29);1H. The summed E-state index contributed by atoms with van der Waals surface area (Å²) in [4.78, 5) is 7.31. The Morgan fingerprint density at radius 2 is 1.79 bits per heavy atom. The average molecular weight is 565 g/mol. The molecule has 1 fully saturated rings. The monoisotopic (exact) mass is 564 g/mol. The van der Waals surface area contributed by atoms with Crippen LogP contribution in [-0.2, 0) is 37.2 Å². The summed E-state index contributed by atoms with van der Waals surface area (Å²) in [5.41, 5.74) is 6.28. The second-order valence-electron chi connectivity index (χ2n) is 8.61. The summed E-state index contributed by atoms with van der Waals surface area (Å²) in [7, 11) is 0. The van der Waals surface area contributed by atoms with Crippen LogP contribution in [0.2, 0.25) is 0 Å². The summed E-state index contributed by atoms with van der Waals surface area (Å²) in [5, 5.41) is 17.3. The first-order valence-corrected chi connectivity index (χ1v) is 12.0. The largest absolute Gasteiger partial charge is 0.508 e. The zero-order valence-corrected chi connectivity index (χ0v) is 21.9. The molecule has 180 valence electrons.